The fraction of sp³-hybridized carbons (Fsp3) is 0.333. The van der Waals surface area contributed by atoms with E-state index < -0.39 is 5.97 Å². The van der Waals surface area contributed by atoms with E-state index in [9.17, 15) is 10.1 Å². The van der Waals surface area contributed by atoms with E-state index in [2.05, 4.69) is 38.1 Å². The quantitative estimate of drug-likeness (QED) is 0.499. The molecule has 6 nitrogen and oxygen atoms in total. The van der Waals surface area contributed by atoms with Crippen LogP contribution in [-0.2, 0) is 9.47 Å². The van der Waals surface area contributed by atoms with Crippen LogP contribution in [0.15, 0.2) is 48.2 Å². The largest absolute Gasteiger partial charge is 0.467 e. The number of hydrogen-bond donors (Lipinski definition) is 0. The van der Waals surface area contributed by atoms with Gasteiger partial charge < -0.3 is 19.1 Å². The van der Waals surface area contributed by atoms with Crippen LogP contribution in [-0.4, -0.2) is 33.0 Å². The molecule has 2 aromatic carbocycles. The van der Waals surface area contributed by atoms with Gasteiger partial charge in [0, 0.05) is 37.5 Å². The third-order valence-electron chi connectivity index (χ3n) is 5.10. The van der Waals surface area contributed by atoms with Gasteiger partial charge in [0.2, 0.25) is 0 Å². The molecule has 2 aromatic rings. The summed E-state index contributed by atoms with van der Waals surface area (Å²) in [6, 6.07) is 13.9. The first-order valence-electron chi connectivity index (χ1n) is 9.87. The van der Waals surface area contributed by atoms with Crippen molar-refractivity contribution in [2.24, 2.45) is 0 Å². The van der Waals surface area contributed by atoms with E-state index in [-0.39, 0.29) is 19.3 Å². The predicted octanol–water partition coefficient (Wildman–Crippen LogP) is 4.47. The van der Waals surface area contributed by atoms with Crippen molar-refractivity contribution in [3.8, 4) is 11.8 Å². The van der Waals surface area contributed by atoms with Crippen LogP contribution in [0, 0.1) is 25.2 Å². The van der Waals surface area contributed by atoms with Crippen LogP contribution in [0.2, 0.25) is 0 Å². The maximum Gasteiger partial charge on any atom is 0.341 e. The summed E-state index contributed by atoms with van der Waals surface area (Å²) in [5.74, 6) is -0.0728. The van der Waals surface area contributed by atoms with Crippen molar-refractivity contribution in [1.82, 2.24) is 0 Å². The summed E-state index contributed by atoms with van der Waals surface area (Å²) < 4.78 is 15.7. The van der Waals surface area contributed by atoms with Crippen molar-refractivity contribution >= 4 is 11.7 Å². The molecule has 0 radical (unpaired) electrons. The van der Waals surface area contributed by atoms with Gasteiger partial charge in [0.25, 0.3) is 0 Å². The van der Waals surface area contributed by atoms with Gasteiger partial charge in [0.15, 0.2) is 6.79 Å². The van der Waals surface area contributed by atoms with Gasteiger partial charge in [0.05, 0.1) is 18.2 Å². The Kier molecular flexibility index (Phi) is 6.76. The number of esters is 1. The number of anilines is 1. The normalized spacial score (nSPS) is 15.5. The van der Waals surface area contributed by atoms with Crippen molar-refractivity contribution in [1.29, 1.82) is 5.26 Å². The molecule has 0 saturated heterocycles. The van der Waals surface area contributed by atoms with Crippen molar-refractivity contribution in [2.75, 3.05) is 32.0 Å². The highest BCUT2D eigenvalue weighted by atomic mass is 16.7. The molecule has 1 unspecified atom stereocenters. The third kappa shape index (κ3) is 4.47. The Hall–Kier alpha value is -3.30. The molecule has 1 aliphatic heterocycles. The highest BCUT2D eigenvalue weighted by Crippen LogP contribution is 2.37. The Morgan fingerprint density at radius 3 is 2.70 bits per heavy atom. The molecule has 0 N–H and O–H groups in total. The van der Waals surface area contributed by atoms with Gasteiger partial charge in [-0.2, -0.15) is 5.26 Å². The summed E-state index contributed by atoms with van der Waals surface area (Å²) in [4.78, 5) is 14.3. The van der Waals surface area contributed by atoms with Crippen LogP contribution in [0.1, 0.15) is 39.9 Å². The maximum absolute atomic E-state index is 12.3. The molecule has 6 heteroatoms. The minimum Gasteiger partial charge on any atom is -0.467 e. The molecule has 1 aliphatic rings. The lowest BCUT2D eigenvalue weighted by molar-refractivity contribution is 0.0438. The summed E-state index contributed by atoms with van der Waals surface area (Å²) >= 11 is 0. The molecule has 0 saturated carbocycles. The summed E-state index contributed by atoms with van der Waals surface area (Å²) in [7, 11) is 1.52. The first-order chi connectivity index (χ1) is 14.5. The van der Waals surface area contributed by atoms with Crippen LogP contribution in [0.3, 0.4) is 0 Å². The summed E-state index contributed by atoms with van der Waals surface area (Å²) in [5, 5.41) is 9.71. The second-order valence-electron chi connectivity index (χ2n) is 7.21. The standard InChI is InChI=1S/C24H26N2O4/c1-5-29-24(27)21-9-7-19(11-23(21)30-15-28-4)26-13-18(12-25)22(14-26)20-8-6-16(2)10-17(20)3/h6-11,13,22H,5,14-15H2,1-4H3. The second kappa shape index (κ2) is 9.47. The molecule has 0 aromatic heterocycles. The summed E-state index contributed by atoms with van der Waals surface area (Å²) in [5.41, 5.74) is 5.39. The molecule has 0 aliphatic carbocycles. The fourth-order valence-electron chi connectivity index (χ4n) is 3.68. The first kappa shape index (κ1) is 21.4. The van der Waals surface area contributed by atoms with E-state index in [4.69, 9.17) is 14.2 Å². The Bertz CT molecular complexity index is 1010. The minimum atomic E-state index is -0.446. The zero-order valence-electron chi connectivity index (χ0n) is 17.8. The smallest absolute Gasteiger partial charge is 0.341 e. The average molecular weight is 406 g/mol. The number of nitriles is 1. The number of carbonyl (C=O) groups is 1. The number of nitrogens with zero attached hydrogens (tertiary/aromatic N) is 2. The molecule has 3 rings (SSSR count). The van der Waals surface area contributed by atoms with E-state index in [0.29, 0.717) is 23.4 Å². The third-order valence-corrected chi connectivity index (χ3v) is 5.10. The van der Waals surface area contributed by atoms with E-state index in [1.807, 2.05) is 17.2 Å². The summed E-state index contributed by atoms with van der Waals surface area (Å²) in [6.45, 7) is 6.82. The lowest BCUT2D eigenvalue weighted by atomic mass is 9.90. The van der Waals surface area contributed by atoms with Gasteiger partial charge in [-0.25, -0.2) is 4.79 Å². The van der Waals surface area contributed by atoms with Crippen LogP contribution in [0.4, 0.5) is 5.69 Å². The maximum atomic E-state index is 12.3. The molecule has 0 fully saturated rings. The molecular formula is C24H26N2O4. The lowest BCUT2D eigenvalue weighted by Crippen LogP contribution is -2.18. The fourth-order valence-corrected chi connectivity index (χ4v) is 3.68. The van der Waals surface area contributed by atoms with Gasteiger partial charge >= 0.3 is 5.97 Å². The first-order valence-corrected chi connectivity index (χ1v) is 9.87. The molecule has 30 heavy (non-hydrogen) atoms. The predicted molar refractivity (Wildman–Crippen MR) is 115 cm³/mol. The SMILES string of the molecule is CCOC(=O)c1ccc(N2C=C(C#N)C(c3ccc(C)cc3C)C2)cc1OCOC. The number of ether oxygens (including phenoxy) is 3. The van der Waals surface area contributed by atoms with Gasteiger partial charge in [-0.1, -0.05) is 23.8 Å². The molecular weight excluding hydrogens is 380 g/mol. The lowest BCUT2D eigenvalue weighted by Gasteiger charge is -2.21. The molecule has 1 atom stereocenters. The average Bonchev–Trinajstić information content (AvgIpc) is 3.16. The number of aryl methyl sites for hydroxylation is 2. The van der Waals surface area contributed by atoms with Gasteiger partial charge in [-0.3, -0.25) is 0 Å². The highest BCUT2D eigenvalue weighted by molar-refractivity contribution is 5.93. The number of carbonyl (C=O) groups excluding carboxylic acids is 1. The van der Waals surface area contributed by atoms with Crippen molar-refractivity contribution in [3.05, 3.63) is 70.4 Å². The van der Waals surface area contributed by atoms with Crippen LogP contribution in [0.25, 0.3) is 0 Å². The zero-order valence-corrected chi connectivity index (χ0v) is 17.8. The van der Waals surface area contributed by atoms with Gasteiger partial charge in [-0.15, -0.1) is 0 Å². The van der Waals surface area contributed by atoms with Crippen molar-refractivity contribution in [3.63, 3.8) is 0 Å². The van der Waals surface area contributed by atoms with Gasteiger partial charge in [-0.05, 0) is 44.0 Å². The molecule has 0 spiro atoms. The zero-order chi connectivity index (χ0) is 21.7. The topological polar surface area (TPSA) is 71.8 Å². The second-order valence-corrected chi connectivity index (χ2v) is 7.21. The highest BCUT2D eigenvalue weighted by Gasteiger charge is 2.28. The van der Waals surface area contributed by atoms with Crippen molar-refractivity contribution < 1.29 is 19.0 Å². The van der Waals surface area contributed by atoms with Crippen LogP contribution < -0.4 is 9.64 Å². The minimum absolute atomic E-state index is 0.0105. The molecule has 0 bridgehead atoms. The molecule has 156 valence electrons. The Balaban J connectivity index is 1.92. The molecule has 1 heterocycles. The Labute approximate surface area is 177 Å². The van der Waals surface area contributed by atoms with E-state index in [0.717, 1.165) is 11.3 Å². The van der Waals surface area contributed by atoms with Crippen molar-refractivity contribution in [2.45, 2.75) is 26.7 Å². The number of rotatable bonds is 7. The van der Waals surface area contributed by atoms with Crippen LogP contribution in [0.5, 0.6) is 5.75 Å². The molecule has 0 amide bonds. The Morgan fingerprint density at radius 2 is 2.03 bits per heavy atom. The number of benzene rings is 2. The monoisotopic (exact) mass is 406 g/mol. The summed E-state index contributed by atoms with van der Waals surface area (Å²) in [6.07, 6.45) is 1.86. The number of hydrogen-bond acceptors (Lipinski definition) is 6. The van der Waals surface area contributed by atoms with E-state index in [1.54, 1.807) is 19.1 Å². The van der Waals surface area contributed by atoms with Gasteiger partial charge in [0.1, 0.15) is 11.3 Å². The van der Waals surface area contributed by atoms with E-state index >= 15 is 0 Å². The Morgan fingerprint density at radius 1 is 1.23 bits per heavy atom. The van der Waals surface area contributed by atoms with E-state index in [1.165, 1.54) is 18.2 Å². The van der Waals surface area contributed by atoms with Crippen LogP contribution >= 0.6 is 0 Å². The number of methoxy groups -OCH3 is 1.